The Balaban J connectivity index is 2.00. The minimum absolute atomic E-state index is 0.0344. The number of carbonyl (C=O) groups is 2. The van der Waals surface area contributed by atoms with Crippen LogP contribution in [0.5, 0.6) is 0 Å². The fourth-order valence-corrected chi connectivity index (χ4v) is 2.35. The molecule has 2 rings (SSSR count). The summed E-state index contributed by atoms with van der Waals surface area (Å²) in [5.41, 5.74) is 1.01. The molecule has 1 aromatic carbocycles. The Kier molecular flexibility index (Phi) is 5.85. The van der Waals surface area contributed by atoms with Gasteiger partial charge in [0.15, 0.2) is 12.4 Å². The number of aryl methyl sites for hydroxylation is 1. The van der Waals surface area contributed by atoms with E-state index in [1.54, 1.807) is 19.1 Å². The first kappa shape index (κ1) is 18.3. The molecule has 1 heterocycles. The molecule has 0 bridgehead atoms. The maximum Gasteiger partial charge on any atom is 0.344 e. The van der Waals surface area contributed by atoms with Gasteiger partial charge in [-0.25, -0.2) is 4.79 Å². The highest BCUT2D eigenvalue weighted by atomic mass is 35.5. The topological polar surface area (TPSA) is 81.4 Å². The molecule has 1 N–H and O–H groups in total. The standard InChI is InChI=1S/C16H16Cl2N2O4/c1-8(2)15-14(9(3)20-24-15)16(22)23-7-13(21)19-12-6-10(17)4-5-11(12)18/h4-6,8H,7H2,1-3H3,(H,19,21). The van der Waals surface area contributed by atoms with Crippen molar-refractivity contribution in [3.63, 3.8) is 0 Å². The summed E-state index contributed by atoms with van der Waals surface area (Å²) >= 11 is 11.8. The van der Waals surface area contributed by atoms with Crippen molar-refractivity contribution < 1.29 is 18.8 Å². The summed E-state index contributed by atoms with van der Waals surface area (Å²) in [4.78, 5) is 24.1. The van der Waals surface area contributed by atoms with Crippen LogP contribution in [0.1, 0.15) is 41.6 Å². The number of nitrogens with one attached hydrogen (secondary N) is 1. The Morgan fingerprint density at radius 2 is 2.04 bits per heavy atom. The van der Waals surface area contributed by atoms with E-state index < -0.39 is 18.5 Å². The summed E-state index contributed by atoms with van der Waals surface area (Å²) in [6.07, 6.45) is 0. The molecular formula is C16H16Cl2N2O4. The predicted octanol–water partition coefficient (Wildman–Crippen LogP) is 4.21. The minimum atomic E-state index is -0.662. The lowest BCUT2D eigenvalue weighted by atomic mass is 10.1. The number of ether oxygens (including phenoxy) is 1. The van der Waals surface area contributed by atoms with Crippen LogP contribution in [0.25, 0.3) is 0 Å². The highest BCUT2D eigenvalue weighted by Gasteiger charge is 2.24. The van der Waals surface area contributed by atoms with Crippen molar-refractivity contribution in [2.24, 2.45) is 0 Å². The zero-order valence-corrected chi connectivity index (χ0v) is 14.9. The highest BCUT2D eigenvalue weighted by molar-refractivity contribution is 6.35. The van der Waals surface area contributed by atoms with Gasteiger partial charge >= 0.3 is 5.97 Å². The molecule has 6 nitrogen and oxygen atoms in total. The first-order chi connectivity index (χ1) is 11.3. The normalized spacial score (nSPS) is 10.8. The second-order valence-corrected chi connectivity index (χ2v) is 6.25. The van der Waals surface area contributed by atoms with Crippen LogP contribution >= 0.6 is 23.2 Å². The number of amides is 1. The number of halogens is 2. The molecule has 0 saturated carbocycles. The second-order valence-electron chi connectivity index (χ2n) is 5.41. The highest BCUT2D eigenvalue weighted by Crippen LogP contribution is 2.25. The summed E-state index contributed by atoms with van der Waals surface area (Å²) in [5, 5.41) is 7.05. The molecule has 0 spiro atoms. The van der Waals surface area contributed by atoms with E-state index in [1.165, 1.54) is 6.07 Å². The van der Waals surface area contributed by atoms with Crippen molar-refractivity contribution in [2.75, 3.05) is 11.9 Å². The monoisotopic (exact) mass is 370 g/mol. The Bertz CT molecular complexity index is 771. The lowest BCUT2D eigenvalue weighted by Gasteiger charge is -2.09. The second kappa shape index (κ2) is 7.68. The minimum Gasteiger partial charge on any atom is -0.452 e. The lowest BCUT2D eigenvalue weighted by molar-refractivity contribution is -0.119. The average molecular weight is 371 g/mol. The van der Waals surface area contributed by atoms with E-state index in [0.717, 1.165) is 0 Å². The molecule has 0 fully saturated rings. The largest absolute Gasteiger partial charge is 0.452 e. The van der Waals surface area contributed by atoms with Crippen molar-refractivity contribution >= 4 is 40.8 Å². The molecule has 2 aromatic rings. The van der Waals surface area contributed by atoms with Crippen molar-refractivity contribution in [2.45, 2.75) is 26.7 Å². The van der Waals surface area contributed by atoms with E-state index in [-0.39, 0.29) is 11.5 Å². The van der Waals surface area contributed by atoms with Crippen LogP contribution in [0.2, 0.25) is 10.0 Å². The molecule has 1 aromatic heterocycles. The fraction of sp³-hybridized carbons (Fsp3) is 0.312. The molecule has 0 saturated heterocycles. The molecule has 8 heteroatoms. The van der Waals surface area contributed by atoms with Gasteiger partial charge < -0.3 is 14.6 Å². The third-order valence-corrected chi connectivity index (χ3v) is 3.72. The lowest BCUT2D eigenvalue weighted by Crippen LogP contribution is -2.21. The predicted molar refractivity (Wildman–Crippen MR) is 90.7 cm³/mol. The first-order valence-corrected chi connectivity index (χ1v) is 7.93. The van der Waals surface area contributed by atoms with Gasteiger partial charge in [0.25, 0.3) is 5.91 Å². The Labute approximate surface area is 149 Å². The molecule has 1 amide bonds. The summed E-state index contributed by atoms with van der Waals surface area (Å²) in [6, 6.07) is 4.66. The number of carbonyl (C=O) groups excluding carboxylic acids is 2. The molecule has 128 valence electrons. The van der Waals surface area contributed by atoms with Crippen LogP contribution in [-0.2, 0) is 9.53 Å². The molecule has 0 aliphatic carbocycles. The quantitative estimate of drug-likeness (QED) is 0.797. The maximum atomic E-state index is 12.2. The van der Waals surface area contributed by atoms with Gasteiger partial charge in [0.05, 0.1) is 16.4 Å². The number of hydrogen-bond donors (Lipinski definition) is 1. The molecule has 0 radical (unpaired) electrons. The van der Waals surface area contributed by atoms with E-state index in [1.807, 2.05) is 13.8 Å². The molecule has 0 aliphatic rings. The van der Waals surface area contributed by atoms with E-state index in [2.05, 4.69) is 10.5 Å². The number of rotatable bonds is 5. The number of benzene rings is 1. The zero-order valence-electron chi connectivity index (χ0n) is 13.4. The van der Waals surface area contributed by atoms with Gasteiger partial charge in [-0.1, -0.05) is 42.2 Å². The Morgan fingerprint density at radius 1 is 1.33 bits per heavy atom. The smallest absolute Gasteiger partial charge is 0.344 e. The van der Waals surface area contributed by atoms with Crippen LogP contribution < -0.4 is 5.32 Å². The van der Waals surface area contributed by atoms with Gasteiger partial charge in [0, 0.05) is 10.9 Å². The molecular weight excluding hydrogens is 355 g/mol. The molecule has 0 aliphatic heterocycles. The number of hydrogen-bond acceptors (Lipinski definition) is 5. The summed E-state index contributed by atoms with van der Waals surface area (Å²) in [6.45, 7) is 4.90. The zero-order chi connectivity index (χ0) is 17.9. The van der Waals surface area contributed by atoms with E-state index in [0.29, 0.717) is 27.2 Å². The van der Waals surface area contributed by atoms with Crippen LogP contribution in [0, 0.1) is 6.92 Å². The van der Waals surface area contributed by atoms with Gasteiger partial charge in [0.2, 0.25) is 0 Å². The average Bonchev–Trinajstić information content (AvgIpc) is 2.90. The van der Waals surface area contributed by atoms with Crippen LogP contribution in [0.4, 0.5) is 5.69 Å². The van der Waals surface area contributed by atoms with Crippen LogP contribution in [-0.4, -0.2) is 23.6 Å². The summed E-state index contributed by atoms with van der Waals surface area (Å²) in [7, 11) is 0. The Morgan fingerprint density at radius 3 is 2.71 bits per heavy atom. The van der Waals surface area contributed by atoms with Gasteiger partial charge in [-0.3, -0.25) is 4.79 Å². The van der Waals surface area contributed by atoms with Crippen LogP contribution in [0.15, 0.2) is 22.7 Å². The third kappa shape index (κ3) is 4.27. The van der Waals surface area contributed by atoms with Crippen molar-refractivity contribution in [1.82, 2.24) is 5.16 Å². The van der Waals surface area contributed by atoms with E-state index in [4.69, 9.17) is 32.5 Å². The number of nitrogens with zero attached hydrogens (tertiary/aromatic N) is 1. The third-order valence-electron chi connectivity index (χ3n) is 3.15. The maximum absolute atomic E-state index is 12.2. The summed E-state index contributed by atoms with van der Waals surface area (Å²) < 4.78 is 10.2. The molecule has 0 unspecified atom stereocenters. The van der Waals surface area contributed by atoms with Gasteiger partial charge in [-0.15, -0.1) is 0 Å². The molecule has 0 atom stereocenters. The van der Waals surface area contributed by atoms with E-state index in [9.17, 15) is 9.59 Å². The van der Waals surface area contributed by atoms with Gasteiger partial charge in [0.1, 0.15) is 5.56 Å². The van der Waals surface area contributed by atoms with Gasteiger partial charge in [-0.05, 0) is 25.1 Å². The van der Waals surface area contributed by atoms with Crippen molar-refractivity contribution in [3.8, 4) is 0 Å². The van der Waals surface area contributed by atoms with Gasteiger partial charge in [-0.2, -0.15) is 0 Å². The Hall–Kier alpha value is -2.05. The summed E-state index contributed by atoms with van der Waals surface area (Å²) in [5.74, 6) is -0.804. The first-order valence-electron chi connectivity index (χ1n) is 7.17. The number of esters is 1. The van der Waals surface area contributed by atoms with E-state index >= 15 is 0 Å². The van der Waals surface area contributed by atoms with Crippen molar-refractivity contribution in [3.05, 3.63) is 45.3 Å². The number of anilines is 1. The van der Waals surface area contributed by atoms with Crippen LogP contribution in [0.3, 0.4) is 0 Å². The van der Waals surface area contributed by atoms with Crippen molar-refractivity contribution in [1.29, 1.82) is 0 Å². The SMILES string of the molecule is Cc1noc(C(C)C)c1C(=O)OCC(=O)Nc1cc(Cl)ccc1Cl. The molecule has 24 heavy (non-hydrogen) atoms. The fourth-order valence-electron chi connectivity index (χ4n) is 2.01. The number of aromatic nitrogens is 1.